The third-order valence-electron chi connectivity index (χ3n) is 4.18. The van der Waals surface area contributed by atoms with Crippen molar-refractivity contribution in [2.75, 3.05) is 13.2 Å². The Kier molecular flexibility index (Phi) is 6.00. The number of hydrogen-bond donors (Lipinski definition) is 2. The number of nitrogens with zero attached hydrogens (tertiary/aromatic N) is 3. The summed E-state index contributed by atoms with van der Waals surface area (Å²) in [6, 6.07) is 12.7. The molecule has 8 nitrogen and oxygen atoms in total. The van der Waals surface area contributed by atoms with E-state index in [1.807, 2.05) is 37.3 Å². The number of carbonyl (C=O) groups excluding carboxylic acids is 1. The fourth-order valence-corrected chi connectivity index (χ4v) is 2.65. The summed E-state index contributed by atoms with van der Waals surface area (Å²) in [5.74, 6) is -0.397. The fourth-order valence-electron chi connectivity index (χ4n) is 2.65. The second-order valence-corrected chi connectivity index (χ2v) is 6.25. The molecule has 0 radical (unpaired) electrons. The maximum atomic E-state index is 11.6. The van der Waals surface area contributed by atoms with Gasteiger partial charge in [0.25, 0.3) is 0 Å². The minimum Gasteiger partial charge on any atom is -0.506 e. The molecule has 2 N–H and O–H groups in total. The molecular formula is C19H21N3O5. The van der Waals surface area contributed by atoms with Crippen molar-refractivity contribution < 1.29 is 24.8 Å². The highest BCUT2D eigenvalue weighted by Gasteiger charge is 2.14. The lowest BCUT2D eigenvalue weighted by molar-refractivity contribution is -0.242. The molecule has 1 aromatic heterocycles. The summed E-state index contributed by atoms with van der Waals surface area (Å²) in [5, 5.41) is 27.3. The van der Waals surface area contributed by atoms with Crippen LogP contribution < -0.4 is 0 Å². The molecule has 1 atom stereocenters. The Morgan fingerprint density at radius 3 is 2.52 bits per heavy atom. The van der Waals surface area contributed by atoms with E-state index in [-0.39, 0.29) is 37.3 Å². The minimum atomic E-state index is -0.354. The summed E-state index contributed by atoms with van der Waals surface area (Å²) in [4.78, 5) is 16.9. The highest BCUT2D eigenvalue weighted by atomic mass is 17.1. The molecule has 3 rings (SSSR count). The van der Waals surface area contributed by atoms with Crippen molar-refractivity contribution in [2.45, 2.75) is 25.7 Å². The second kappa shape index (κ2) is 8.61. The van der Waals surface area contributed by atoms with Crippen LogP contribution in [0.25, 0.3) is 16.7 Å². The SMILES string of the molecule is CC(COC(=O)CCCOO)c1ccc(-n2nc3ccccc3n2)c(O)c1. The molecule has 142 valence electrons. The van der Waals surface area contributed by atoms with Crippen LogP contribution in [0.1, 0.15) is 31.2 Å². The molecule has 0 aliphatic carbocycles. The maximum absolute atomic E-state index is 11.6. The van der Waals surface area contributed by atoms with Crippen molar-refractivity contribution >= 4 is 17.0 Å². The van der Waals surface area contributed by atoms with Gasteiger partial charge in [0.2, 0.25) is 0 Å². The van der Waals surface area contributed by atoms with Crippen LogP contribution in [-0.2, 0) is 14.4 Å². The first-order valence-electron chi connectivity index (χ1n) is 8.66. The number of esters is 1. The van der Waals surface area contributed by atoms with E-state index in [0.717, 1.165) is 16.6 Å². The third kappa shape index (κ3) is 4.60. The molecule has 3 aromatic rings. The van der Waals surface area contributed by atoms with E-state index in [1.54, 1.807) is 12.1 Å². The molecule has 0 bridgehead atoms. The summed E-state index contributed by atoms with van der Waals surface area (Å²) in [7, 11) is 0. The molecule has 27 heavy (non-hydrogen) atoms. The van der Waals surface area contributed by atoms with Crippen LogP contribution in [0.4, 0.5) is 0 Å². The second-order valence-electron chi connectivity index (χ2n) is 6.25. The van der Waals surface area contributed by atoms with Gasteiger partial charge >= 0.3 is 5.97 Å². The number of ether oxygens (including phenoxy) is 1. The van der Waals surface area contributed by atoms with Crippen LogP contribution in [0.5, 0.6) is 5.75 Å². The fraction of sp³-hybridized carbons (Fsp3) is 0.316. The highest BCUT2D eigenvalue weighted by molar-refractivity contribution is 5.73. The Bertz CT molecular complexity index is 892. The lowest BCUT2D eigenvalue weighted by atomic mass is 10.0. The van der Waals surface area contributed by atoms with Crippen LogP contribution in [0.3, 0.4) is 0 Å². The summed E-state index contributed by atoms with van der Waals surface area (Å²) >= 11 is 0. The van der Waals surface area contributed by atoms with Crippen LogP contribution in [-0.4, -0.2) is 44.5 Å². The zero-order valence-corrected chi connectivity index (χ0v) is 14.9. The first-order valence-corrected chi connectivity index (χ1v) is 8.66. The van der Waals surface area contributed by atoms with Gasteiger partial charge in [-0.05, 0) is 36.2 Å². The Balaban J connectivity index is 1.66. The summed E-state index contributed by atoms with van der Waals surface area (Å²) in [6.07, 6.45) is 0.570. The Hall–Kier alpha value is -2.97. The van der Waals surface area contributed by atoms with E-state index in [9.17, 15) is 9.90 Å². The average molecular weight is 371 g/mol. The van der Waals surface area contributed by atoms with Gasteiger partial charge in [-0.3, -0.25) is 10.1 Å². The van der Waals surface area contributed by atoms with Crippen molar-refractivity contribution in [2.24, 2.45) is 0 Å². The number of phenols is 1. The molecular weight excluding hydrogens is 350 g/mol. The smallest absolute Gasteiger partial charge is 0.305 e. The van der Waals surface area contributed by atoms with E-state index in [2.05, 4.69) is 15.1 Å². The largest absolute Gasteiger partial charge is 0.506 e. The Labute approximate surface area is 155 Å². The van der Waals surface area contributed by atoms with Gasteiger partial charge in [0.15, 0.2) is 0 Å². The zero-order chi connectivity index (χ0) is 19.2. The molecule has 1 unspecified atom stereocenters. The molecule has 0 spiro atoms. The van der Waals surface area contributed by atoms with Gasteiger partial charge in [0.05, 0.1) is 13.2 Å². The van der Waals surface area contributed by atoms with Crippen molar-refractivity contribution in [3.63, 3.8) is 0 Å². The average Bonchev–Trinajstić information content (AvgIpc) is 3.10. The number of aromatic hydroxyl groups is 1. The zero-order valence-electron chi connectivity index (χ0n) is 14.9. The number of fused-ring (bicyclic) bond motifs is 1. The van der Waals surface area contributed by atoms with Crippen molar-refractivity contribution in [1.82, 2.24) is 15.0 Å². The van der Waals surface area contributed by atoms with E-state index in [4.69, 9.17) is 9.99 Å². The lowest BCUT2D eigenvalue weighted by Crippen LogP contribution is -2.11. The predicted octanol–water partition coefficient (Wildman–Crippen LogP) is 3.04. The quantitative estimate of drug-likeness (QED) is 0.271. The van der Waals surface area contributed by atoms with Gasteiger partial charge in [0.1, 0.15) is 22.5 Å². The van der Waals surface area contributed by atoms with E-state index >= 15 is 0 Å². The molecule has 0 fully saturated rings. The van der Waals surface area contributed by atoms with Crippen LogP contribution in [0, 0.1) is 0 Å². The number of phenolic OH excluding ortho intramolecular Hbond substituents is 1. The number of hydrogen-bond acceptors (Lipinski definition) is 7. The molecule has 0 saturated carbocycles. The van der Waals surface area contributed by atoms with E-state index in [0.29, 0.717) is 12.1 Å². The summed E-state index contributed by atoms with van der Waals surface area (Å²) < 4.78 is 5.21. The number of benzene rings is 2. The van der Waals surface area contributed by atoms with Gasteiger partial charge in [-0.1, -0.05) is 25.1 Å². The standard InChI is InChI=1S/C19H21N3O5/c1-13(12-26-19(24)7-4-10-27-25)14-8-9-17(18(23)11-14)22-20-15-5-2-3-6-16(15)21-22/h2-3,5-6,8-9,11,13,23,25H,4,7,10,12H2,1H3. The predicted molar refractivity (Wildman–Crippen MR) is 97.7 cm³/mol. The number of rotatable bonds is 8. The highest BCUT2D eigenvalue weighted by Crippen LogP contribution is 2.27. The molecule has 0 aliphatic rings. The van der Waals surface area contributed by atoms with Gasteiger partial charge in [-0.2, -0.15) is 0 Å². The monoisotopic (exact) mass is 371 g/mol. The molecule has 1 heterocycles. The molecule has 8 heteroatoms. The topological polar surface area (TPSA) is 107 Å². The number of carbonyl (C=O) groups is 1. The minimum absolute atomic E-state index is 0.0473. The maximum Gasteiger partial charge on any atom is 0.305 e. The van der Waals surface area contributed by atoms with Crippen LogP contribution in [0.15, 0.2) is 42.5 Å². The number of aromatic nitrogens is 3. The molecule has 0 amide bonds. The van der Waals surface area contributed by atoms with Crippen LogP contribution in [0.2, 0.25) is 0 Å². The van der Waals surface area contributed by atoms with Crippen LogP contribution >= 0.6 is 0 Å². The first kappa shape index (κ1) is 18.8. The first-order chi connectivity index (χ1) is 13.1. The molecule has 0 aliphatic heterocycles. The normalized spacial score (nSPS) is 12.2. The lowest BCUT2D eigenvalue weighted by Gasteiger charge is -2.14. The van der Waals surface area contributed by atoms with Gasteiger partial charge in [-0.15, -0.1) is 15.0 Å². The van der Waals surface area contributed by atoms with Gasteiger partial charge in [0, 0.05) is 12.3 Å². The van der Waals surface area contributed by atoms with Crippen molar-refractivity contribution in [1.29, 1.82) is 0 Å². The third-order valence-corrected chi connectivity index (χ3v) is 4.18. The molecule has 2 aromatic carbocycles. The summed E-state index contributed by atoms with van der Waals surface area (Å²) in [6.45, 7) is 2.19. The van der Waals surface area contributed by atoms with Gasteiger partial charge in [-0.25, -0.2) is 4.89 Å². The van der Waals surface area contributed by atoms with Crippen molar-refractivity contribution in [3.8, 4) is 11.4 Å². The van der Waals surface area contributed by atoms with Gasteiger partial charge < -0.3 is 9.84 Å². The Morgan fingerprint density at radius 1 is 1.19 bits per heavy atom. The van der Waals surface area contributed by atoms with E-state index in [1.165, 1.54) is 4.80 Å². The Morgan fingerprint density at radius 2 is 1.89 bits per heavy atom. The molecule has 0 saturated heterocycles. The van der Waals surface area contributed by atoms with Crippen molar-refractivity contribution in [3.05, 3.63) is 48.0 Å². The summed E-state index contributed by atoms with van der Waals surface area (Å²) in [5.41, 5.74) is 2.79. The van der Waals surface area contributed by atoms with E-state index < -0.39 is 0 Å².